The average Bonchev–Trinajstić information content (AvgIpc) is 3.17. The molecule has 1 aliphatic rings. The van der Waals surface area contributed by atoms with E-state index in [9.17, 15) is 9.59 Å². The van der Waals surface area contributed by atoms with Crippen molar-refractivity contribution in [3.63, 3.8) is 0 Å². The van der Waals surface area contributed by atoms with Crippen LogP contribution in [0.15, 0.2) is 41.5 Å². The Morgan fingerprint density at radius 3 is 2.85 bits per heavy atom. The normalized spacial score (nSPS) is 15.5. The lowest BCUT2D eigenvalue weighted by Crippen LogP contribution is -2.38. The highest BCUT2D eigenvalue weighted by Gasteiger charge is 2.19. The zero-order valence-corrected chi connectivity index (χ0v) is 16.1. The number of nitrogens with one attached hydrogen (secondary N) is 1. The fraction of sp³-hybridized carbons (Fsp3) is 0.450. The van der Waals surface area contributed by atoms with Crippen LogP contribution in [-0.2, 0) is 11.3 Å². The van der Waals surface area contributed by atoms with Gasteiger partial charge in [0, 0.05) is 30.1 Å². The Hall–Kier alpha value is -2.34. The maximum absolute atomic E-state index is 12.3. The SMILES string of the molecule is CC(Oc1cccc(Cl)c1)C(=O)NCCn1cnc(C2CCCC2)cc1=O. The van der Waals surface area contributed by atoms with Crippen molar-refractivity contribution in [3.05, 3.63) is 57.7 Å². The van der Waals surface area contributed by atoms with E-state index in [0.717, 1.165) is 18.5 Å². The summed E-state index contributed by atoms with van der Waals surface area (Å²) in [6.45, 7) is 2.36. The predicted molar refractivity (Wildman–Crippen MR) is 104 cm³/mol. The molecule has 0 spiro atoms. The molecule has 1 aromatic carbocycles. The average molecular weight is 390 g/mol. The van der Waals surface area contributed by atoms with Crippen LogP contribution in [0, 0.1) is 0 Å². The second-order valence-corrected chi connectivity index (χ2v) is 7.27. The fourth-order valence-corrected chi connectivity index (χ4v) is 3.47. The summed E-state index contributed by atoms with van der Waals surface area (Å²) < 4.78 is 7.09. The van der Waals surface area contributed by atoms with Crippen molar-refractivity contribution in [2.24, 2.45) is 0 Å². The summed E-state index contributed by atoms with van der Waals surface area (Å²) in [6, 6.07) is 8.53. The molecule has 0 saturated heterocycles. The maximum atomic E-state index is 12.3. The summed E-state index contributed by atoms with van der Waals surface area (Å²) >= 11 is 5.91. The van der Waals surface area contributed by atoms with Gasteiger partial charge in [0.05, 0.1) is 12.0 Å². The number of hydrogen-bond acceptors (Lipinski definition) is 4. The molecule has 1 aliphatic carbocycles. The first-order chi connectivity index (χ1) is 13.0. The van der Waals surface area contributed by atoms with E-state index in [-0.39, 0.29) is 11.5 Å². The van der Waals surface area contributed by atoms with Gasteiger partial charge in [0.25, 0.3) is 11.5 Å². The van der Waals surface area contributed by atoms with E-state index in [0.29, 0.717) is 29.8 Å². The third-order valence-electron chi connectivity index (χ3n) is 4.80. The van der Waals surface area contributed by atoms with Crippen molar-refractivity contribution in [3.8, 4) is 5.75 Å². The van der Waals surface area contributed by atoms with Crippen LogP contribution in [0.5, 0.6) is 5.75 Å². The second kappa shape index (κ2) is 9.04. The van der Waals surface area contributed by atoms with Crippen molar-refractivity contribution < 1.29 is 9.53 Å². The molecule has 0 aliphatic heterocycles. The second-order valence-electron chi connectivity index (χ2n) is 6.84. The molecule has 144 valence electrons. The van der Waals surface area contributed by atoms with E-state index < -0.39 is 6.10 Å². The lowest BCUT2D eigenvalue weighted by Gasteiger charge is -2.15. The Kier molecular flexibility index (Phi) is 6.50. The van der Waals surface area contributed by atoms with E-state index in [2.05, 4.69) is 10.3 Å². The molecule has 1 N–H and O–H groups in total. The van der Waals surface area contributed by atoms with Crippen molar-refractivity contribution >= 4 is 17.5 Å². The Balaban J connectivity index is 1.48. The molecule has 1 atom stereocenters. The van der Waals surface area contributed by atoms with Gasteiger partial charge in [-0.15, -0.1) is 0 Å². The van der Waals surface area contributed by atoms with Crippen LogP contribution >= 0.6 is 11.6 Å². The number of rotatable bonds is 7. The summed E-state index contributed by atoms with van der Waals surface area (Å²) in [6.07, 6.45) is 5.54. The van der Waals surface area contributed by atoms with Gasteiger partial charge in [-0.05, 0) is 38.0 Å². The lowest BCUT2D eigenvalue weighted by molar-refractivity contribution is -0.127. The molecule has 1 unspecified atom stereocenters. The van der Waals surface area contributed by atoms with Crippen LogP contribution in [-0.4, -0.2) is 28.1 Å². The van der Waals surface area contributed by atoms with Crippen LogP contribution in [0.1, 0.15) is 44.2 Å². The first-order valence-corrected chi connectivity index (χ1v) is 9.67. The maximum Gasteiger partial charge on any atom is 0.260 e. The van der Waals surface area contributed by atoms with Gasteiger partial charge in [-0.1, -0.05) is 30.5 Å². The number of carbonyl (C=O) groups is 1. The van der Waals surface area contributed by atoms with Gasteiger partial charge in [-0.3, -0.25) is 14.2 Å². The third kappa shape index (κ3) is 5.32. The van der Waals surface area contributed by atoms with E-state index in [1.165, 1.54) is 17.4 Å². The molecular formula is C20H24ClN3O3. The zero-order chi connectivity index (χ0) is 19.2. The Morgan fingerprint density at radius 2 is 2.15 bits per heavy atom. The summed E-state index contributed by atoms with van der Waals surface area (Å²) in [5.41, 5.74) is 0.811. The van der Waals surface area contributed by atoms with Crippen LogP contribution in [0.3, 0.4) is 0 Å². The number of benzene rings is 1. The van der Waals surface area contributed by atoms with Crippen LogP contribution < -0.4 is 15.6 Å². The number of hydrogen-bond donors (Lipinski definition) is 1. The van der Waals surface area contributed by atoms with Gasteiger partial charge in [-0.25, -0.2) is 4.98 Å². The van der Waals surface area contributed by atoms with Gasteiger partial charge >= 0.3 is 0 Å². The van der Waals surface area contributed by atoms with Gasteiger partial charge in [0.1, 0.15) is 5.75 Å². The summed E-state index contributed by atoms with van der Waals surface area (Å²) in [5, 5.41) is 3.33. The molecule has 7 heteroatoms. The monoisotopic (exact) mass is 389 g/mol. The number of aromatic nitrogens is 2. The lowest BCUT2D eigenvalue weighted by atomic mass is 10.0. The highest BCUT2D eigenvalue weighted by atomic mass is 35.5. The minimum absolute atomic E-state index is 0.0793. The molecule has 1 saturated carbocycles. The molecule has 0 radical (unpaired) electrons. The first-order valence-electron chi connectivity index (χ1n) is 9.29. The zero-order valence-electron chi connectivity index (χ0n) is 15.4. The Bertz CT molecular complexity index is 846. The topological polar surface area (TPSA) is 73.2 Å². The minimum Gasteiger partial charge on any atom is -0.481 e. The molecule has 27 heavy (non-hydrogen) atoms. The van der Waals surface area contributed by atoms with Crippen molar-refractivity contribution in [1.29, 1.82) is 0 Å². The minimum atomic E-state index is -0.664. The Labute approximate surface area is 163 Å². The molecule has 1 heterocycles. The molecule has 1 amide bonds. The van der Waals surface area contributed by atoms with E-state index in [4.69, 9.17) is 16.3 Å². The van der Waals surface area contributed by atoms with E-state index in [1.807, 2.05) is 0 Å². The van der Waals surface area contributed by atoms with E-state index in [1.54, 1.807) is 43.6 Å². The molecule has 2 aromatic rings. The highest BCUT2D eigenvalue weighted by molar-refractivity contribution is 6.30. The van der Waals surface area contributed by atoms with Crippen LogP contribution in [0.4, 0.5) is 0 Å². The number of nitrogens with zero attached hydrogens (tertiary/aromatic N) is 2. The Morgan fingerprint density at radius 1 is 1.37 bits per heavy atom. The summed E-state index contributed by atoms with van der Waals surface area (Å²) in [5.74, 6) is 0.697. The quantitative estimate of drug-likeness (QED) is 0.789. The smallest absolute Gasteiger partial charge is 0.260 e. The molecular weight excluding hydrogens is 366 g/mol. The third-order valence-corrected chi connectivity index (χ3v) is 5.04. The molecule has 1 aromatic heterocycles. The molecule has 3 rings (SSSR count). The number of carbonyl (C=O) groups excluding carboxylic acids is 1. The van der Waals surface area contributed by atoms with Crippen molar-refractivity contribution in [2.45, 2.75) is 51.2 Å². The fourth-order valence-electron chi connectivity index (χ4n) is 3.29. The van der Waals surface area contributed by atoms with Gasteiger partial charge < -0.3 is 10.1 Å². The summed E-state index contributed by atoms with van der Waals surface area (Å²) in [4.78, 5) is 28.8. The van der Waals surface area contributed by atoms with Gasteiger partial charge in [-0.2, -0.15) is 0 Å². The van der Waals surface area contributed by atoms with Crippen LogP contribution in [0.25, 0.3) is 0 Å². The number of amides is 1. The molecule has 1 fully saturated rings. The van der Waals surface area contributed by atoms with Crippen LogP contribution in [0.2, 0.25) is 5.02 Å². The van der Waals surface area contributed by atoms with Crippen molar-refractivity contribution in [1.82, 2.24) is 14.9 Å². The first kappa shape index (κ1) is 19.4. The van der Waals surface area contributed by atoms with Gasteiger partial charge in [0.15, 0.2) is 6.10 Å². The molecule has 0 bridgehead atoms. The number of halogens is 1. The van der Waals surface area contributed by atoms with E-state index >= 15 is 0 Å². The highest BCUT2D eigenvalue weighted by Crippen LogP contribution is 2.32. The predicted octanol–water partition coefficient (Wildman–Crippen LogP) is 3.14. The number of ether oxygens (including phenoxy) is 1. The molecule has 6 nitrogen and oxygen atoms in total. The van der Waals surface area contributed by atoms with Crippen molar-refractivity contribution in [2.75, 3.05) is 6.54 Å². The van der Waals surface area contributed by atoms with Gasteiger partial charge in [0.2, 0.25) is 0 Å². The summed E-state index contributed by atoms with van der Waals surface area (Å²) in [7, 11) is 0. The largest absolute Gasteiger partial charge is 0.481 e. The standard InChI is InChI=1S/C20H24ClN3O3/c1-14(27-17-8-4-7-16(21)11-17)20(26)22-9-10-24-13-23-18(12-19(24)25)15-5-2-3-6-15/h4,7-8,11-15H,2-3,5-6,9-10H2,1H3,(H,22,26).